The number of esters is 1. The minimum Gasteiger partial charge on any atom is -0.461 e. The van der Waals surface area contributed by atoms with Crippen LogP contribution in [0.25, 0.3) is 11.2 Å². The first kappa shape index (κ1) is 22.6. The third-order valence-corrected chi connectivity index (χ3v) is 5.72. The summed E-state index contributed by atoms with van der Waals surface area (Å²) in [5.74, 6) is -0.871. The molecule has 1 aliphatic heterocycles. The van der Waals surface area contributed by atoms with Crippen molar-refractivity contribution in [3.63, 3.8) is 0 Å². The summed E-state index contributed by atoms with van der Waals surface area (Å²) in [4.78, 5) is 48.7. The number of carbonyl (C=O) groups is 3. The quantitative estimate of drug-likeness (QED) is 0.400. The lowest BCUT2D eigenvalue weighted by atomic mass is 10.1. The van der Waals surface area contributed by atoms with Crippen molar-refractivity contribution in [2.75, 3.05) is 26.0 Å². The van der Waals surface area contributed by atoms with Crippen LogP contribution < -0.4 is 10.6 Å². The molecule has 3 aromatic rings. The van der Waals surface area contributed by atoms with Crippen LogP contribution in [0.1, 0.15) is 50.6 Å². The van der Waals surface area contributed by atoms with Crippen molar-refractivity contribution in [2.24, 2.45) is 0 Å². The number of anilines is 1. The highest BCUT2D eigenvalue weighted by molar-refractivity contribution is 6.06. The first-order chi connectivity index (χ1) is 18.3. The molecule has 190 valence electrons. The SMILES string of the molecule is [2H]C([3H])OC[C@@H]1CC[C@H](n2cnc3c(NC(=O)c4ccc(COC(=O)CCC(=O)NC)cc4)ncnc32)O1. The summed E-state index contributed by atoms with van der Waals surface area (Å²) < 4.78 is 32.2. The second-order valence-corrected chi connectivity index (χ2v) is 8.15. The topological polar surface area (TPSA) is 147 Å². The van der Waals surface area contributed by atoms with Gasteiger partial charge in [-0.15, -0.1) is 0 Å². The Bertz CT molecular complexity index is 1290. The van der Waals surface area contributed by atoms with E-state index < -0.39 is 18.9 Å². The minimum atomic E-state index is -1.36. The molecule has 0 bridgehead atoms. The number of ether oxygens (including phenoxy) is 3. The minimum absolute atomic E-state index is 0.0103. The van der Waals surface area contributed by atoms with Gasteiger partial charge in [-0.2, -0.15) is 0 Å². The number of rotatable bonds is 10. The van der Waals surface area contributed by atoms with Crippen LogP contribution in [0.3, 0.4) is 0 Å². The number of imidazole rings is 1. The van der Waals surface area contributed by atoms with E-state index in [-0.39, 0.29) is 50.1 Å². The van der Waals surface area contributed by atoms with Crippen molar-refractivity contribution in [3.05, 3.63) is 48.0 Å². The van der Waals surface area contributed by atoms with Crippen LogP contribution in [0.5, 0.6) is 0 Å². The first-order valence-electron chi connectivity index (χ1n) is 12.5. The summed E-state index contributed by atoms with van der Waals surface area (Å²) in [6.45, 7) is 0.192. The molecular weight excluding hydrogens is 468 g/mol. The number of aromatic nitrogens is 4. The highest BCUT2D eigenvalue weighted by Crippen LogP contribution is 2.31. The predicted molar refractivity (Wildman–Crippen MR) is 128 cm³/mol. The molecule has 0 aliphatic carbocycles. The van der Waals surface area contributed by atoms with Gasteiger partial charge < -0.3 is 24.8 Å². The number of carbonyl (C=O) groups excluding carboxylic acids is 3. The standard InChI is InChI=1S/C24H28N6O6/c1-25-18(31)8-10-20(32)35-11-15-3-5-16(6-4-15)24(33)29-22-21-23(27-13-26-22)30(14-28-21)19-9-7-17(36-19)12-34-2/h3-6,13-14,17,19H,7-12H2,1-2H3,(H,25,31)(H,26,27,29,33)/t17-,19+/m0/s1/i2TD/t2?,17-,19+. The summed E-state index contributed by atoms with van der Waals surface area (Å²) in [6, 6.07) is 6.55. The van der Waals surface area contributed by atoms with Crippen molar-refractivity contribution in [2.45, 2.75) is 44.6 Å². The van der Waals surface area contributed by atoms with Gasteiger partial charge in [-0.25, -0.2) is 15.0 Å². The zero-order valence-electron chi connectivity index (χ0n) is 21.7. The van der Waals surface area contributed by atoms with E-state index in [1.807, 2.05) is 0 Å². The third-order valence-electron chi connectivity index (χ3n) is 5.72. The molecule has 4 rings (SSSR count). The van der Waals surface area contributed by atoms with Crippen LogP contribution >= 0.6 is 0 Å². The summed E-state index contributed by atoms with van der Waals surface area (Å²) >= 11 is 0. The highest BCUT2D eigenvalue weighted by atomic mass is 16.5. The lowest BCUT2D eigenvalue weighted by Gasteiger charge is -2.14. The zero-order valence-corrected chi connectivity index (χ0v) is 19.7. The van der Waals surface area contributed by atoms with Gasteiger partial charge in [-0.3, -0.25) is 19.0 Å². The largest absolute Gasteiger partial charge is 0.461 e. The number of hydrogen-bond acceptors (Lipinski definition) is 9. The van der Waals surface area contributed by atoms with E-state index in [9.17, 15) is 14.4 Å². The van der Waals surface area contributed by atoms with Gasteiger partial charge in [-0.1, -0.05) is 12.1 Å². The maximum absolute atomic E-state index is 12.8. The molecule has 2 amide bonds. The molecule has 3 atom stereocenters. The van der Waals surface area contributed by atoms with Gasteiger partial charge in [0.1, 0.15) is 19.2 Å². The Kier molecular flexibility index (Phi) is 7.32. The third kappa shape index (κ3) is 6.01. The smallest absolute Gasteiger partial charge is 0.306 e. The molecule has 12 heteroatoms. The van der Waals surface area contributed by atoms with Crippen molar-refractivity contribution >= 4 is 34.8 Å². The second-order valence-electron chi connectivity index (χ2n) is 8.15. The number of hydrogen-bond donors (Lipinski definition) is 2. The van der Waals surface area contributed by atoms with Crippen LogP contribution in [0, 0.1) is 0 Å². The van der Waals surface area contributed by atoms with Gasteiger partial charge in [0, 0.05) is 26.1 Å². The Balaban J connectivity index is 1.35. The Morgan fingerprint density at radius 2 is 2.06 bits per heavy atom. The molecular formula is C24H28N6O6. The summed E-state index contributed by atoms with van der Waals surface area (Å²) in [5.41, 5.74) is 1.96. The Labute approximate surface area is 210 Å². The van der Waals surface area contributed by atoms with Gasteiger partial charge in [-0.05, 0) is 30.5 Å². The molecule has 2 N–H and O–H groups in total. The van der Waals surface area contributed by atoms with Gasteiger partial charge in [0.2, 0.25) is 5.91 Å². The first-order valence-corrected chi connectivity index (χ1v) is 11.4. The van der Waals surface area contributed by atoms with Gasteiger partial charge in [0.05, 0.1) is 28.2 Å². The van der Waals surface area contributed by atoms with Crippen molar-refractivity contribution in [1.29, 1.82) is 0 Å². The van der Waals surface area contributed by atoms with Gasteiger partial charge >= 0.3 is 5.97 Å². The monoisotopic (exact) mass is 499 g/mol. The van der Waals surface area contributed by atoms with Crippen LogP contribution in [0.15, 0.2) is 36.9 Å². The Hall–Kier alpha value is -3.90. The average Bonchev–Trinajstić information content (AvgIpc) is 3.57. The molecule has 2 aromatic heterocycles. The van der Waals surface area contributed by atoms with Gasteiger partial charge in [0.25, 0.3) is 5.91 Å². The van der Waals surface area contributed by atoms with Crippen LogP contribution in [0.4, 0.5) is 5.82 Å². The van der Waals surface area contributed by atoms with Crippen LogP contribution in [0.2, 0.25) is 0 Å². The normalized spacial score (nSPS) is 18.8. The molecule has 0 spiro atoms. The molecule has 0 radical (unpaired) electrons. The molecule has 36 heavy (non-hydrogen) atoms. The highest BCUT2D eigenvalue weighted by Gasteiger charge is 2.28. The molecule has 1 unspecified atom stereocenters. The fourth-order valence-corrected chi connectivity index (χ4v) is 3.78. The number of nitrogens with one attached hydrogen (secondary N) is 2. The molecule has 1 saturated heterocycles. The van der Waals surface area contributed by atoms with Crippen LogP contribution in [-0.2, 0) is 30.4 Å². The molecule has 3 heterocycles. The molecule has 12 nitrogen and oxygen atoms in total. The lowest BCUT2D eigenvalue weighted by Crippen LogP contribution is -2.19. The molecule has 1 aliphatic rings. The van der Waals surface area contributed by atoms with Crippen LogP contribution in [-0.4, -0.2) is 64.1 Å². The van der Waals surface area contributed by atoms with Crippen molar-refractivity contribution in [3.8, 4) is 0 Å². The Morgan fingerprint density at radius 3 is 2.83 bits per heavy atom. The lowest BCUT2D eigenvalue weighted by molar-refractivity contribution is -0.146. The van der Waals surface area contributed by atoms with E-state index in [1.165, 1.54) is 13.4 Å². The van der Waals surface area contributed by atoms with E-state index in [0.29, 0.717) is 35.1 Å². The van der Waals surface area contributed by atoms with E-state index in [4.69, 9.17) is 17.0 Å². The number of benzene rings is 1. The fourth-order valence-electron chi connectivity index (χ4n) is 3.78. The van der Waals surface area contributed by atoms with E-state index in [0.717, 1.165) is 0 Å². The molecule has 1 fully saturated rings. The van der Waals surface area contributed by atoms with E-state index in [2.05, 4.69) is 25.6 Å². The summed E-state index contributed by atoms with van der Waals surface area (Å²) in [6.07, 6.45) is 3.77. The zero-order chi connectivity index (χ0) is 27.1. The number of nitrogens with zero attached hydrogens (tertiary/aromatic N) is 4. The molecule has 1 aromatic carbocycles. The van der Waals surface area contributed by atoms with Crippen molar-refractivity contribution in [1.82, 2.24) is 24.8 Å². The maximum Gasteiger partial charge on any atom is 0.306 e. The van der Waals surface area contributed by atoms with Gasteiger partial charge in [0.15, 0.2) is 17.0 Å². The predicted octanol–water partition coefficient (Wildman–Crippen LogP) is 1.97. The average molecular weight is 500 g/mol. The van der Waals surface area contributed by atoms with E-state index >= 15 is 0 Å². The maximum atomic E-state index is 12.8. The summed E-state index contributed by atoms with van der Waals surface area (Å²) in [5, 5.41) is 5.20. The number of methoxy groups -OCH3 is 1. The van der Waals surface area contributed by atoms with E-state index in [1.54, 1.807) is 35.2 Å². The summed E-state index contributed by atoms with van der Waals surface area (Å²) in [7, 11) is 0.145. The number of fused-ring (bicyclic) bond motifs is 1. The second kappa shape index (κ2) is 11.7. The number of amides is 2. The molecule has 0 saturated carbocycles. The Morgan fingerprint density at radius 1 is 1.22 bits per heavy atom. The van der Waals surface area contributed by atoms with Crippen molar-refractivity contribution < 1.29 is 31.3 Å². The fraction of sp³-hybridized carbons (Fsp3) is 0.417.